The van der Waals surface area contributed by atoms with E-state index >= 15 is 0 Å². The number of nitro benzene ring substituents is 1. The number of hydrogen-bond donors (Lipinski definition) is 0. The number of nitrogens with zero attached hydrogens (tertiary/aromatic N) is 1. The molecule has 2 aromatic rings. The molecule has 2 aromatic carbocycles. The smallest absolute Gasteiger partial charge is 0.297 e. The van der Waals surface area contributed by atoms with Crippen LogP contribution in [0.5, 0.6) is 5.75 Å². The van der Waals surface area contributed by atoms with Crippen molar-refractivity contribution in [2.24, 2.45) is 23.2 Å². The molecule has 8 heteroatoms. The molecule has 3 fully saturated rings. The Labute approximate surface area is 182 Å². The first kappa shape index (κ1) is 21.8. The molecule has 31 heavy (non-hydrogen) atoms. The van der Waals surface area contributed by atoms with E-state index < -0.39 is 21.1 Å². The Morgan fingerprint density at radius 3 is 2.29 bits per heavy atom. The fourth-order valence-electron chi connectivity index (χ4n) is 5.01. The summed E-state index contributed by atoms with van der Waals surface area (Å²) in [5, 5.41) is 10.8. The quantitative estimate of drug-likeness (QED) is 0.347. The highest BCUT2D eigenvalue weighted by molar-refractivity contribution is 7.86. The molecule has 0 radical (unpaired) electrons. The molecule has 0 heterocycles. The largest absolute Gasteiger partial charge is 0.493 e. The molecule has 166 valence electrons. The van der Waals surface area contributed by atoms with Crippen molar-refractivity contribution in [2.45, 2.75) is 44.6 Å². The van der Waals surface area contributed by atoms with E-state index in [0.29, 0.717) is 30.6 Å². The minimum absolute atomic E-state index is 0.00149. The van der Waals surface area contributed by atoms with Gasteiger partial charge in [0, 0.05) is 18.1 Å². The summed E-state index contributed by atoms with van der Waals surface area (Å²) in [4.78, 5) is 10.5. The van der Waals surface area contributed by atoms with Gasteiger partial charge in [-0.2, -0.15) is 8.42 Å². The van der Waals surface area contributed by atoms with Crippen molar-refractivity contribution in [2.75, 3.05) is 6.61 Å². The number of ether oxygens (including phenoxy) is 1. The summed E-state index contributed by atoms with van der Waals surface area (Å²) >= 11 is 0. The molecule has 0 spiro atoms. The molecule has 3 saturated carbocycles. The lowest BCUT2D eigenvalue weighted by Gasteiger charge is -2.61. The van der Waals surface area contributed by atoms with Crippen LogP contribution in [0.1, 0.15) is 32.3 Å². The highest BCUT2D eigenvalue weighted by atomic mass is 32.2. The average Bonchev–Trinajstić information content (AvgIpc) is 2.72. The maximum atomic E-state index is 12.9. The van der Waals surface area contributed by atoms with Crippen LogP contribution in [0.15, 0.2) is 53.4 Å². The van der Waals surface area contributed by atoms with Gasteiger partial charge >= 0.3 is 0 Å². The van der Waals surface area contributed by atoms with Gasteiger partial charge in [-0.05, 0) is 61.3 Å². The molecule has 3 aliphatic rings. The number of non-ortho nitro benzene ring substituents is 1. The molecule has 0 saturated heterocycles. The Morgan fingerprint density at radius 1 is 1.06 bits per heavy atom. The van der Waals surface area contributed by atoms with E-state index in [2.05, 4.69) is 13.8 Å². The van der Waals surface area contributed by atoms with Crippen molar-refractivity contribution in [3.63, 3.8) is 0 Å². The minimum atomic E-state index is -3.88. The van der Waals surface area contributed by atoms with Crippen LogP contribution < -0.4 is 4.74 Å². The van der Waals surface area contributed by atoms with Gasteiger partial charge in [0.05, 0.1) is 22.5 Å². The zero-order chi connectivity index (χ0) is 22.4. The third kappa shape index (κ3) is 4.19. The summed E-state index contributed by atoms with van der Waals surface area (Å²) in [7, 11) is -3.88. The molecule has 3 aliphatic carbocycles. The Hall–Kier alpha value is -2.45. The number of fused-ring (bicyclic) bond motifs is 2. The second-order valence-electron chi connectivity index (χ2n) is 9.22. The fourth-order valence-corrected chi connectivity index (χ4v) is 6.14. The highest BCUT2D eigenvalue weighted by Crippen LogP contribution is 2.62. The van der Waals surface area contributed by atoms with Crippen molar-refractivity contribution >= 4 is 15.8 Å². The number of benzene rings is 2. The van der Waals surface area contributed by atoms with Gasteiger partial charge in [-0.15, -0.1) is 0 Å². The highest BCUT2D eigenvalue weighted by Gasteiger charge is 2.59. The third-order valence-corrected chi connectivity index (χ3v) is 8.46. The summed E-state index contributed by atoms with van der Waals surface area (Å²) in [6, 6.07) is 12.6. The Kier molecular flexibility index (Phi) is 5.55. The van der Waals surface area contributed by atoms with E-state index in [1.54, 1.807) is 36.4 Å². The van der Waals surface area contributed by atoms with Crippen molar-refractivity contribution < 1.29 is 22.3 Å². The predicted octanol–water partition coefficient (Wildman–Crippen LogP) is 4.74. The van der Waals surface area contributed by atoms with E-state index in [9.17, 15) is 18.5 Å². The molecule has 4 atom stereocenters. The standard InChI is InChI=1S/C23H27NO6S/c1-15-4-10-19(11-5-15)31(27,28)30-22-13-16-12-21(23(16,2)3)20(22)14-29-18-8-6-17(7-9-18)24(25)26/h4-11,16,20-22H,12-14H2,1-3H3/t16-,20+,21+,22+/m1/s1. The maximum absolute atomic E-state index is 12.9. The first-order valence-corrected chi connectivity index (χ1v) is 11.9. The van der Waals surface area contributed by atoms with Crippen LogP contribution in [0.4, 0.5) is 5.69 Å². The van der Waals surface area contributed by atoms with Crippen molar-refractivity contribution in [1.29, 1.82) is 0 Å². The number of hydrogen-bond acceptors (Lipinski definition) is 6. The summed E-state index contributed by atoms with van der Waals surface area (Å²) < 4.78 is 37.5. The fraction of sp³-hybridized carbons (Fsp3) is 0.478. The molecule has 7 nitrogen and oxygen atoms in total. The zero-order valence-electron chi connectivity index (χ0n) is 17.9. The first-order valence-electron chi connectivity index (χ1n) is 10.4. The van der Waals surface area contributed by atoms with Gasteiger partial charge < -0.3 is 4.74 Å². The van der Waals surface area contributed by atoms with E-state index in [4.69, 9.17) is 8.92 Å². The number of rotatable bonds is 7. The normalized spacial score (nSPS) is 26.7. The van der Waals surface area contributed by atoms with Gasteiger partial charge in [0.25, 0.3) is 15.8 Å². The molecule has 2 bridgehead atoms. The van der Waals surface area contributed by atoms with Crippen molar-refractivity contribution in [3.8, 4) is 5.75 Å². The Morgan fingerprint density at radius 2 is 1.71 bits per heavy atom. The van der Waals surface area contributed by atoms with E-state index in [1.807, 2.05) is 6.92 Å². The summed E-state index contributed by atoms with van der Waals surface area (Å²) in [6.07, 6.45) is 1.25. The minimum Gasteiger partial charge on any atom is -0.493 e. The Bertz CT molecular complexity index is 1060. The van der Waals surface area contributed by atoms with Crippen LogP contribution in [-0.4, -0.2) is 26.1 Å². The van der Waals surface area contributed by atoms with E-state index in [0.717, 1.165) is 12.0 Å². The predicted molar refractivity (Wildman–Crippen MR) is 115 cm³/mol. The van der Waals surface area contributed by atoms with Crippen molar-refractivity contribution in [3.05, 3.63) is 64.2 Å². The lowest BCUT2D eigenvalue weighted by molar-refractivity contribution is -0.384. The first-order chi connectivity index (χ1) is 14.6. The number of nitro groups is 1. The summed E-state index contributed by atoms with van der Waals surface area (Å²) in [6.45, 7) is 6.64. The van der Waals surface area contributed by atoms with Gasteiger partial charge in [-0.1, -0.05) is 31.5 Å². The topological polar surface area (TPSA) is 95.7 Å². The van der Waals surface area contributed by atoms with Gasteiger partial charge in [-0.25, -0.2) is 0 Å². The lowest BCUT2D eigenvalue weighted by Crippen LogP contribution is -2.59. The number of aryl methyl sites for hydroxylation is 1. The molecule has 0 N–H and O–H groups in total. The SMILES string of the molecule is Cc1ccc(S(=O)(=O)O[C@H]2C[C@H]3C[C@@H]([C@@H]2COc2ccc([N+](=O)[O-])cc2)C3(C)C)cc1. The second-order valence-corrected chi connectivity index (χ2v) is 10.8. The van der Waals surface area contributed by atoms with Gasteiger partial charge in [-0.3, -0.25) is 14.3 Å². The molecule has 0 unspecified atom stereocenters. The van der Waals surface area contributed by atoms with Crippen LogP contribution in [-0.2, 0) is 14.3 Å². The molecule has 0 aliphatic heterocycles. The monoisotopic (exact) mass is 445 g/mol. The van der Waals surface area contributed by atoms with Gasteiger partial charge in [0.1, 0.15) is 5.75 Å². The molecule has 5 rings (SSSR count). The molecule has 0 amide bonds. The Balaban J connectivity index is 1.51. The van der Waals surface area contributed by atoms with Crippen LogP contribution in [0, 0.1) is 40.2 Å². The molecular weight excluding hydrogens is 418 g/mol. The van der Waals surface area contributed by atoms with Gasteiger partial charge in [0.2, 0.25) is 0 Å². The average molecular weight is 446 g/mol. The third-order valence-electron chi connectivity index (χ3n) is 7.11. The van der Waals surface area contributed by atoms with E-state index in [-0.39, 0.29) is 21.9 Å². The lowest BCUT2D eigenvalue weighted by atomic mass is 9.45. The van der Waals surface area contributed by atoms with Crippen LogP contribution in [0.2, 0.25) is 0 Å². The molecule has 0 aromatic heterocycles. The maximum Gasteiger partial charge on any atom is 0.297 e. The van der Waals surface area contributed by atoms with E-state index in [1.165, 1.54) is 12.1 Å². The summed E-state index contributed by atoms with van der Waals surface area (Å²) in [5.74, 6) is 1.15. The van der Waals surface area contributed by atoms with Crippen molar-refractivity contribution in [1.82, 2.24) is 0 Å². The summed E-state index contributed by atoms with van der Waals surface area (Å²) in [5.41, 5.74) is 1.09. The van der Waals surface area contributed by atoms with Crippen LogP contribution in [0.3, 0.4) is 0 Å². The second kappa shape index (κ2) is 7.91. The van der Waals surface area contributed by atoms with Gasteiger partial charge in [0.15, 0.2) is 0 Å². The van der Waals surface area contributed by atoms with Crippen LogP contribution in [0.25, 0.3) is 0 Å². The van der Waals surface area contributed by atoms with Crippen LogP contribution >= 0.6 is 0 Å². The molecular formula is C23H27NO6S. The zero-order valence-corrected chi connectivity index (χ0v) is 18.7.